The number of aliphatic hydroxyl groups is 4. The number of carbonyl (C=O) groups is 1. The zero-order chi connectivity index (χ0) is 34.9. The summed E-state index contributed by atoms with van der Waals surface area (Å²) in [6.07, 6.45) is 17.5. The standard InChI is InChI=1S/C42H60O6/c1-29(2)11-8-12-30(3)13-9-16-33(28-44)35-23-25-42(40(35)47)37(17-10-26-43)36(22-24-41(42,4)48)39(32-14-6-5-7-15-32)38(46)27-31-18-20-34(45)21-19-31/h9,11,13,16,18-21,32,35,37,40,43-45,47-48H,3,5-8,10,12,14-15,17,22-28H2,1-2,4H3/b13-9-,33-16-,39-36+/t35-,37-,40-,41-,42-/m1/s1. The average molecular weight is 661 g/mol. The minimum Gasteiger partial charge on any atom is -0.508 e. The number of hydrogen-bond donors (Lipinski definition) is 5. The molecule has 1 aromatic rings. The first-order valence-corrected chi connectivity index (χ1v) is 18.3. The van der Waals surface area contributed by atoms with E-state index in [0.717, 1.165) is 72.8 Å². The molecule has 6 nitrogen and oxygen atoms in total. The van der Waals surface area contributed by atoms with E-state index in [0.29, 0.717) is 38.5 Å². The van der Waals surface area contributed by atoms with Crippen molar-refractivity contribution in [2.24, 2.45) is 23.2 Å². The molecule has 5 atom stereocenters. The summed E-state index contributed by atoms with van der Waals surface area (Å²) in [6, 6.07) is 6.83. The molecule has 1 aromatic carbocycles. The van der Waals surface area contributed by atoms with E-state index < -0.39 is 17.1 Å². The van der Waals surface area contributed by atoms with E-state index in [4.69, 9.17) is 0 Å². The number of phenols is 1. The summed E-state index contributed by atoms with van der Waals surface area (Å²) in [5.74, 6) is -0.236. The third-order valence-corrected chi connectivity index (χ3v) is 11.6. The van der Waals surface area contributed by atoms with Crippen LogP contribution < -0.4 is 0 Å². The molecule has 48 heavy (non-hydrogen) atoms. The van der Waals surface area contributed by atoms with Crippen LogP contribution in [0.4, 0.5) is 0 Å². The Balaban J connectivity index is 1.73. The van der Waals surface area contributed by atoms with Crippen molar-refractivity contribution in [3.8, 4) is 5.75 Å². The molecule has 0 amide bonds. The van der Waals surface area contributed by atoms with Gasteiger partial charge in [0, 0.05) is 24.4 Å². The predicted molar refractivity (Wildman–Crippen MR) is 193 cm³/mol. The number of ketones is 1. The Labute approximate surface area is 288 Å². The Morgan fingerprint density at radius 2 is 1.75 bits per heavy atom. The fourth-order valence-electron chi connectivity index (χ4n) is 9.12. The van der Waals surface area contributed by atoms with Crippen LogP contribution in [0, 0.1) is 23.2 Å². The molecule has 0 saturated heterocycles. The lowest BCUT2D eigenvalue weighted by molar-refractivity contribution is -0.168. The summed E-state index contributed by atoms with van der Waals surface area (Å²) >= 11 is 0. The second kappa shape index (κ2) is 17.2. The van der Waals surface area contributed by atoms with Gasteiger partial charge in [0.2, 0.25) is 0 Å². The van der Waals surface area contributed by atoms with E-state index in [1.54, 1.807) is 24.3 Å². The first kappa shape index (κ1) is 38.0. The van der Waals surface area contributed by atoms with Crippen molar-refractivity contribution in [1.29, 1.82) is 0 Å². The van der Waals surface area contributed by atoms with E-state index in [1.807, 2.05) is 25.2 Å². The Hall–Kier alpha value is -2.77. The largest absolute Gasteiger partial charge is 0.508 e. The maximum Gasteiger partial charge on any atom is 0.163 e. The first-order valence-electron chi connectivity index (χ1n) is 18.3. The van der Waals surface area contributed by atoms with Crippen LogP contribution in [-0.2, 0) is 11.2 Å². The summed E-state index contributed by atoms with van der Waals surface area (Å²) in [5.41, 5.74) is 3.67. The van der Waals surface area contributed by atoms with E-state index in [2.05, 4.69) is 26.5 Å². The zero-order valence-electron chi connectivity index (χ0n) is 29.6. The van der Waals surface area contributed by atoms with Crippen LogP contribution >= 0.6 is 0 Å². The van der Waals surface area contributed by atoms with Gasteiger partial charge in [0.25, 0.3) is 0 Å². The quantitative estimate of drug-likeness (QED) is 0.0788. The first-order chi connectivity index (χ1) is 22.9. The second-order valence-corrected chi connectivity index (χ2v) is 15.1. The van der Waals surface area contributed by atoms with Gasteiger partial charge in [-0.15, -0.1) is 0 Å². The average Bonchev–Trinajstić information content (AvgIpc) is 3.40. The van der Waals surface area contributed by atoms with Gasteiger partial charge in [-0.2, -0.15) is 0 Å². The lowest BCUT2D eigenvalue weighted by Crippen LogP contribution is -2.59. The predicted octanol–water partition coefficient (Wildman–Crippen LogP) is 7.85. The van der Waals surface area contributed by atoms with Crippen LogP contribution in [0.5, 0.6) is 5.75 Å². The zero-order valence-corrected chi connectivity index (χ0v) is 29.6. The topological polar surface area (TPSA) is 118 Å². The number of aromatic hydroxyl groups is 1. The minimum atomic E-state index is -1.20. The Morgan fingerprint density at radius 1 is 1.04 bits per heavy atom. The van der Waals surface area contributed by atoms with Crippen LogP contribution in [0.3, 0.4) is 0 Å². The minimum absolute atomic E-state index is 0.00810. The molecule has 3 fully saturated rings. The molecule has 264 valence electrons. The van der Waals surface area contributed by atoms with Crippen LogP contribution in [0.15, 0.2) is 83.0 Å². The third-order valence-electron chi connectivity index (χ3n) is 11.6. The molecule has 0 radical (unpaired) electrons. The summed E-state index contributed by atoms with van der Waals surface area (Å²) in [7, 11) is 0. The van der Waals surface area contributed by atoms with Crippen molar-refractivity contribution in [3.63, 3.8) is 0 Å². The van der Waals surface area contributed by atoms with Gasteiger partial charge in [0.05, 0.1) is 18.3 Å². The monoisotopic (exact) mass is 660 g/mol. The smallest absolute Gasteiger partial charge is 0.163 e. The van der Waals surface area contributed by atoms with Crippen molar-refractivity contribution in [3.05, 3.63) is 88.6 Å². The summed E-state index contributed by atoms with van der Waals surface area (Å²) in [5, 5.41) is 55.0. The van der Waals surface area contributed by atoms with E-state index in [1.165, 1.54) is 5.57 Å². The third kappa shape index (κ3) is 8.68. The van der Waals surface area contributed by atoms with Gasteiger partial charge in [0.1, 0.15) is 5.75 Å². The highest BCUT2D eigenvalue weighted by Crippen LogP contribution is 2.63. The molecule has 5 N–H and O–H groups in total. The van der Waals surface area contributed by atoms with Crippen LogP contribution in [0.25, 0.3) is 0 Å². The number of allylic oxidation sites excluding steroid dienone is 8. The fourth-order valence-corrected chi connectivity index (χ4v) is 9.12. The van der Waals surface area contributed by atoms with Gasteiger partial charge in [0.15, 0.2) is 5.78 Å². The molecule has 1 spiro atoms. The van der Waals surface area contributed by atoms with Crippen molar-refractivity contribution in [2.75, 3.05) is 13.2 Å². The fraction of sp³-hybridized carbons (Fsp3) is 0.595. The van der Waals surface area contributed by atoms with E-state index in [-0.39, 0.29) is 48.9 Å². The molecular weight excluding hydrogens is 600 g/mol. The summed E-state index contributed by atoms with van der Waals surface area (Å²) < 4.78 is 0. The van der Waals surface area contributed by atoms with Gasteiger partial charge >= 0.3 is 0 Å². The van der Waals surface area contributed by atoms with Gasteiger partial charge in [-0.25, -0.2) is 0 Å². The molecule has 6 heteroatoms. The maximum atomic E-state index is 14.4. The summed E-state index contributed by atoms with van der Waals surface area (Å²) in [6.45, 7) is 9.97. The van der Waals surface area contributed by atoms with Gasteiger partial charge in [-0.05, 0) is 126 Å². The number of rotatable bonds is 14. The van der Waals surface area contributed by atoms with E-state index >= 15 is 0 Å². The molecule has 0 aromatic heterocycles. The van der Waals surface area contributed by atoms with Crippen LogP contribution in [-0.4, -0.2) is 56.2 Å². The highest BCUT2D eigenvalue weighted by molar-refractivity contribution is 5.98. The Kier molecular flexibility index (Phi) is 13.7. The van der Waals surface area contributed by atoms with Crippen molar-refractivity contribution < 1.29 is 30.3 Å². The number of Topliss-reactive ketones (excluding diaryl/α,β-unsaturated/α-hetero) is 1. The molecular formula is C42H60O6. The van der Waals surface area contributed by atoms with E-state index in [9.17, 15) is 30.3 Å². The van der Waals surface area contributed by atoms with Crippen molar-refractivity contribution in [2.45, 2.75) is 122 Å². The number of carbonyl (C=O) groups excluding carboxylic acids is 1. The lowest BCUT2D eigenvalue weighted by atomic mass is 9.52. The molecule has 0 bridgehead atoms. The maximum absolute atomic E-state index is 14.4. The molecule has 0 aliphatic heterocycles. The number of hydrogen-bond acceptors (Lipinski definition) is 6. The van der Waals surface area contributed by atoms with Gasteiger partial charge < -0.3 is 25.5 Å². The highest BCUT2D eigenvalue weighted by atomic mass is 16.3. The molecule has 3 aliphatic rings. The molecule has 0 unspecified atom stereocenters. The van der Waals surface area contributed by atoms with Gasteiger partial charge in [-0.1, -0.05) is 79.0 Å². The van der Waals surface area contributed by atoms with Crippen LogP contribution in [0.1, 0.15) is 110 Å². The molecule has 4 rings (SSSR count). The summed E-state index contributed by atoms with van der Waals surface area (Å²) in [4.78, 5) is 14.4. The van der Waals surface area contributed by atoms with Crippen molar-refractivity contribution >= 4 is 5.78 Å². The number of benzene rings is 1. The van der Waals surface area contributed by atoms with Crippen LogP contribution in [0.2, 0.25) is 0 Å². The second-order valence-electron chi connectivity index (χ2n) is 15.1. The SMILES string of the molecule is C=C(/C=C\C=C(\CO)[C@H]1CC[C@@]2([C@H](CCCO)/C(=C(/C(=O)Cc3ccc(O)cc3)C3CCCCC3)CC[C@@]2(C)O)[C@@H]1O)CCC=C(C)C. The van der Waals surface area contributed by atoms with Crippen molar-refractivity contribution in [1.82, 2.24) is 0 Å². The highest BCUT2D eigenvalue weighted by Gasteiger charge is 2.64. The Bertz CT molecular complexity index is 1370. The Morgan fingerprint density at radius 3 is 2.40 bits per heavy atom. The molecule has 3 saturated carbocycles. The number of aliphatic hydroxyl groups excluding tert-OH is 3. The number of phenolic OH excluding ortho intramolecular Hbond substituents is 1. The molecule has 0 heterocycles. The lowest BCUT2D eigenvalue weighted by Gasteiger charge is -2.56. The molecule has 3 aliphatic carbocycles. The van der Waals surface area contributed by atoms with Gasteiger partial charge in [-0.3, -0.25) is 4.79 Å². The normalized spacial score (nSPS) is 29.4.